The minimum Gasteiger partial charge on any atom is -0.870 e. The zero-order valence-electron chi connectivity index (χ0n) is 23.4. The summed E-state index contributed by atoms with van der Waals surface area (Å²) in [6.07, 6.45) is 0.642. The van der Waals surface area contributed by atoms with E-state index in [9.17, 15) is 24.0 Å². The topological polar surface area (TPSA) is 207 Å². The predicted molar refractivity (Wildman–Crippen MR) is 122 cm³/mol. The van der Waals surface area contributed by atoms with Gasteiger partial charge in [-0.3, -0.25) is 24.0 Å². The van der Waals surface area contributed by atoms with E-state index in [4.69, 9.17) is 28.9 Å². The molecule has 14 heteroatoms. The van der Waals surface area contributed by atoms with Crippen LogP contribution in [0.5, 0.6) is 0 Å². The quantitative estimate of drug-likeness (QED) is 0.124. The van der Waals surface area contributed by atoms with Crippen LogP contribution in [-0.2, 0) is 52.5 Å². The zero-order valence-corrected chi connectivity index (χ0v) is 25.4. The maximum atomic E-state index is 12.1. The molecule has 0 aromatic rings. The minimum absolute atomic E-state index is 0. The number of hydrogen-bond donors (Lipinski definition) is 1. The van der Waals surface area contributed by atoms with Gasteiger partial charge in [-0.2, -0.15) is 9.59 Å². The van der Waals surface area contributed by atoms with E-state index in [2.05, 4.69) is 4.74 Å². The summed E-state index contributed by atoms with van der Waals surface area (Å²) in [4.78, 5) is 73.0. The van der Waals surface area contributed by atoms with Gasteiger partial charge in [-0.1, -0.05) is 13.3 Å². The predicted octanol–water partition coefficient (Wildman–Crippen LogP) is -1.10. The van der Waals surface area contributed by atoms with Crippen molar-refractivity contribution in [1.29, 1.82) is 0 Å². The first-order valence-electron chi connectivity index (χ1n) is 11.4. The first kappa shape index (κ1) is 40.2. The molecule has 0 spiro atoms. The molecule has 4 atom stereocenters. The van der Waals surface area contributed by atoms with Crippen molar-refractivity contribution >= 4 is 36.5 Å². The van der Waals surface area contributed by atoms with Gasteiger partial charge < -0.3 is 29.5 Å². The second-order valence-corrected chi connectivity index (χ2v) is 10.3. The van der Waals surface area contributed by atoms with Crippen LogP contribution >= 0.6 is 0 Å². The Morgan fingerprint density at radius 2 is 1.32 bits per heavy atom. The molecule has 2 rings (SSSR count). The van der Waals surface area contributed by atoms with E-state index >= 15 is 0 Å². The van der Waals surface area contributed by atoms with Crippen molar-refractivity contribution in [2.45, 2.75) is 92.0 Å². The number of hydrogen-bond acceptors (Lipinski definition) is 12. The first-order chi connectivity index (χ1) is 16.4. The molecule has 2 fully saturated rings. The van der Waals surface area contributed by atoms with Gasteiger partial charge in [0.25, 0.3) is 6.47 Å². The summed E-state index contributed by atoms with van der Waals surface area (Å²) in [5.41, 5.74) is -4.09. The van der Waals surface area contributed by atoms with Gasteiger partial charge in [-0.15, -0.1) is 0 Å². The number of carbonyl (C=O) groups excluding carboxylic acids is 6. The van der Waals surface area contributed by atoms with Gasteiger partial charge >= 0.3 is 59.6 Å². The zero-order chi connectivity index (χ0) is 28.5. The van der Waals surface area contributed by atoms with Gasteiger partial charge in [0.2, 0.25) is 5.41 Å². The molecule has 2 N–H and O–H groups in total. The molecule has 0 aromatic heterocycles. The third-order valence-corrected chi connectivity index (χ3v) is 5.26. The molecular formula is C24H37NaO13. The van der Waals surface area contributed by atoms with E-state index in [0.717, 1.165) is 6.42 Å². The number of rotatable bonds is 8. The van der Waals surface area contributed by atoms with Crippen molar-refractivity contribution in [3.63, 3.8) is 0 Å². The number of carboxylic acid groups (broad SMARTS) is 1. The van der Waals surface area contributed by atoms with E-state index in [1.807, 2.05) is 6.92 Å². The molecular weight excluding hydrogens is 519 g/mol. The van der Waals surface area contributed by atoms with Crippen LogP contribution in [0.1, 0.15) is 74.7 Å². The average molecular weight is 557 g/mol. The van der Waals surface area contributed by atoms with Crippen molar-refractivity contribution in [3.05, 3.63) is 0 Å². The molecule has 0 radical (unpaired) electrons. The standard InChI is InChI=1S/C13H22O4.C10H14O6.CO2.Na.H2O/c1-6-9-8-13(9,10(14)16-7-2)11(15)17-12(3,4)5;1-9(2,3)16-8(14)10(7(12)13)4-6(10)15-5-11;2-1-3;;/h9H,6-8H2,1-5H3;5-6H,4H2,1-3H3,(H,12,13);;;1H2/q;;;+1;/p-1. The number of esters is 3. The summed E-state index contributed by atoms with van der Waals surface area (Å²) in [6.45, 7) is 14.4. The molecule has 38 heavy (non-hydrogen) atoms. The maximum Gasteiger partial charge on any atom is 1.00 e. The van der Waals surface area contributed by atoms with Crippen molar-refractivity contribution in [1.82, 2.24) is 0 Å². The average Bonchev–Trinajstić information content (AvgIpc) is 3.60. The molecule has 0 heterocycles. The van der Waals surface area contributed by atoms with E-state index in [0.29, 0.717) is 13.0 Å². The molecule has 0 aliphatic heterocycles. The SMILES string of the molecule is CC(C)(C)OC(=O)C1(C(=O)O)CC1OC=O.CCOC(=O)C1(C(=O)OC(C)(C)C)CC1CC.O=C=O.[Na+].[OH-]. The molecule has 0 aromatic carbocycles. The fourth-order valence-electron chi connectivity index (χ4n) is 3.40. The second kappa shape index (κ2) is 15.9. The van der Waals surface area contributed by atoms with Crippen LogP contribution in [-0.4, -0.2) is 71.0 Å². The van der Waals surface area contributed by atoms with E-state index in [1.165, 1.54) is 0 Å². The molecule has 2 saturated carbocycles. The minimum atomic E-state index is -1.71. The third-order valence-electron chi connectivity index (χ3n) is 5.26. The van der Waals surface area contributed by atoms with Gasteiger partial charge in [-0.25, -0.2) is 0 Å². The normalized spacial score (nSPS) is 24.3. The number of ether oxygens (including phenoxy) is 4. The number of carbonyl (C=O) groups is 5. The summed E-state index contributed by atoms with van der Waals surface area (Å²) in [5.74, 6) is -2.99. The Balaban J connectivity index is -0.000000558. The van der Waals surface area contributed by atoms with Gasteiger partial charge in [0.05, 0.1) is 6.61 Å². The smallest absolute Gasteiger partial charge is 0.870 e. The summed E-state index contributed by atoms with van der Waals surface area (Å²) in [6, 6.07) is 0. The summed E-state index contributed by atoms with van der Waals surface area (Å²) >= 11 is 0. The van der Waals surface area contributed by atoms with Crippen LogP contribution in [0, 0.1) is 16.7 Å². The Hall–Kier alpha value is -2.31. The molecule has 0 bridgehead atoms. The van der Waals surface area contributed by atoms with Crippen LogP contribution in [0.2, 0.25) is 0 Å². The van der Waals surface area contributed by atoms with Crippen LogP contribution in [0.25, 0.3) is 0 Å². The van der Waals surface area contributed by atoms with Crippen LogP contribution in [0.4, 0.5) is 0 Å². The van der Waals surface area contributed by atoms with Crippen molar-refractivity contribution in [3.8, 4) is 0 Å². The number of carboxylic acids is 1. The molecule has 212 valence electrons. The van der Waals surface area contributed by atoms with Gasteiger partial charge in [-0.05, 0) is 60.8 Å². The first-order valence-corrected chi connectivity index (χ1v) is 11.4. The Morgan fingerprint density at radius 1 is 0.895 bits per heavy atom. The fraction of sp³-hybridized carbons (Fsp3) is 0.750. The van der Waals surface area contributed by atoms with Crippen molar-refractivity contribution in [2.24, 2.45) is 16.7 Å². The summed E-state index contributed by atoms with van der Waals surface area (Å²) < 4.78 is 19.8. The van der Waals surface area contributed by atoms with Crippen molar-refractivity contribution in [2.75, 3.05) is 6.61 Å². The monoisotopic (exact) mass is 556 g/mol. The van der Waals surface area contributed by atoms with Crippen LogP contribution < -0.4 is 29.6 Å². The molecule has 2 aliphatic rings. The van der Waals surface area contributed by atoms with E-state index in [1.54, 1.807) is 48.5 Å². The Morgan fingerprint density at radius 3 is 1.61 bits per heavy atom. The Bertz CT molecular complexity index is 868. The Kier molecular flexibility index (Phi) is 16.9. The molecule has 0 saturated heterocycles. The molecule has 13 nitrogen and oxygen atoms in total. The van der Waals surface area contributed by atoms with Gasteiger partial charge in [0.1, 0.15) is 17.3 Å². The fourth-order valence-corrected chi connectivity index (χ4v) is 3.40. The number of aliphatic carboxylic acids is 1. The Labute approximate surface area is 243 Å². The van der Waals surface area contributed by atoms with E-state index < -0.39 is 52.0 Å². The second-order valence-electron chi connectivity index (χ2n) is 10.3. The summed E-state index contributed by atoms with van der Waals surface area (Å²) in [7, 11) is 0. The maximum absolute atomic E-state index is 12.1. The third kappa shape index (κ3) is 10.8. The molecule has 0 amide bonds. The summed E-state index contributed by atoms with van der Waals surface area (Å²) in [5, 5.41) is 8.97. The van der Waals surface area contributed by atoms with E-state index in [-0.39, 0.29) is 60.0 Å². The van der Waals surface area contributed by atoms with Gasteiger partial charge in [0, 0.05) is 6.42 Å². The van der Waals surface area contributed by atoms with Gasteiger partial charge in [0.15, 0.2) is 5.41 Å². The van der Waals surface area contributed by atoms with Crippen molar-refractivity contribution < 1.29 is 92.6 Å². The molecule has 2 aliphatic carbocycles. The van der Waals surface area contributed by atoms with Crippen LogP contribution in [0.3, 0.4) is 0 Å². The largest absolute Gasteiger partial charge is 1.00 e. The van der Waals surface area contributed by atoms with Crippen LogP contribution in [0.15, 0.2) is 0 Å². The molecule has 4 unspecified atom stereocenters.